The van der Waals surface area contributed by atoms with Gasteiger partial charge in [0.1, 0.15) is 24.1 Å². The Hall–Kier alpha value is -4.58. The molecule has 1 aromatic heterocycles. The van der Waals surface area contributed by atoms with Crippen molar-refractivity contribution in [3.8, 4) is 11.5 Å². The van der Waals surface area contributed by atoms with Gasteiger partial charge in [-0.25, -0.2) is 4.98 Å². The minimum absolute atomic E-state index is 0.0182. The van der Waals surface area contributed by atoms with Gasteiger partial charge in [0.2, 0.25) is 17.7 Å². The smallest absolute Gasteiger partial charge is 0.261 e. The predicted octanol–water partition coefficient (Wildman–Crippen LogP) is 3.43. The van der Waals surface area contributed by atoms with E-state index in [4.69, 9.17) is 26.1 Å². The lowest BCUT2D eigenvalue weighted by Gasteiger charge is -2.37. The quantitative estimate of drug-likeness (QED) is 0.429. The summed E-state index contributed by atoms with van der Waals surface area (Å²) in [6.07, 6.45) is 6.73. The summed E-state index contributed by atoms with van der Waals surface area (Å²) in [4.78, 5) is 61.2. The molecule has 2 N–H and O–H groups in total. The lowest BCUT2D eigenvalue weighted by atomic mass is 9.93. The number of nitrogens with zero attached hydrogens (tertiary/aromatic N) is 4. The highest BCUT2D eigenvalue weighted by atomic mass is 35.5. The third-order valence-electron chi connectivity index (χ3n) is 9.41. The Balaban J connectivity index is 1.20. The number of hydrogen-bond donors (Lipinski definition) is 2. The maximum atomic E-state index is 13.8. The van der Waals surface area contributed by atoms with E-state index in [0.717, 1.165) is 48.2 Å². The molecule has 2 aromatic carbocycles. The minimum Gasteiger partial charge on any atom is -0.494 e. The van der Waals surface area contributed by atoms with Crippen molar-refractivity contribution < 1.29 is 28.7 Å². The number of ether oxygens (including phenoxy) is 2. The van der Waals surface area contributed by atoms with Gasteiger partial charge in [-0.15, -0.1) is 0 Å². The van der Waals surface area contributed by atoms with Crippen LogP contribution in [0.5, 0.6) is 11.5 Å². The first-order valence-electron chi connectivity index (χ1n) is 17.0. The molecule has 4 amide bonds. The van der Waals surface area contributed by atoms with Crippen molar-refractivity contribution in [2.75, 3.05) is 45.9 Å². The Bertz CT molecular complexity index is 1690. The number of rotatable bonds is 4. The van der Waals surface area contributed by atoms with Crippen LogP contribution in [-0.4, -0.2) is 88.9 Å². The molecule has 2 aliphatic heterocycles. The molecule has 0 spiro atoms. The van der Waals surface area contributed by atoms with Crippen molar-refractivity contribution >= 4 is 35.2 Å². The van der Waals surface area contributed by atoms with Gasteiger partial charge in [0.25, 0.3) is 5.91 Å². The summed E-state index contributed by atoms with van der Waals surface area (Å²) in [6, 6.07) is 12.5. The second kappa shape index (κ2) is 15.8. The zero-order valence-electron chi connectivity index (χ0n) is 27.8. The molecule has 1 fully saturated rings. The van der Waals surface area contributed by atoms with Crippen molar-refractivity contribution in [2.24, 2.45) is 5.92 Å². The Morgan fingerprint density at radius 2 is 1.80 bits per heavy atom. The first kappa shape index (κ1) is 34.3. The number of aromatic nitrogens is 2. The van der Waals surface area contributed by atoms with Crippen molar-refractivity contribution in [3.05, 3.63) is 76.3 Å². The highest BCUT2D eigenvalue weighted by molar-refractivity contribution is 6.30. The van der Waals surface area contributed by atoms with Gasteiger partial charge in [0, 0.05) is 49.2 Å². The summed E-state index contributed by atoms with van der Waals surface area (Å²) >= 11 is 6.05. The molecule has 1 saturated carbocycles. The predicted molar refractivity (Wildman–Crippen MR) is 182 cm³/mol. The zero-order valence-corrected chi connectivity index (χ0v) is 28.5. The third kappa shape index (κ3) is 8.36. The summed E-state index contributed by atoms with van der Waals surface area (Å²) in [5.74, 6) is 0.378. The fraction of sp³-hybridized carbons (Fsp3) is 0.472. The number of benzene rings is 2. The van der Waals surface area contributed by atoms with Gasteiger partial charge in [0.05, 0.1) is 25.2 Å². The summed E-state index contributed by atoms with van der Waals surface area (Å²) in [5.41, 5.74) is 3.38. The summed E-state index contributed by atoms with van der Waals surface area (Å²) in [6.45, 7) is 2.89. The summed E-state index contributed by atoms with van der Waals surface area (Å²) in [5, 5.41) is 6.32. The summed E-state index contributed by atoms with van der Waals surface area (Å²) < 4.78 is 13.7. The lowest BCUT2D eigenvalue weighted by molar-refractivity contribution is -0.137. The second-order valence-electron chi connectivity index (χ2n) is 12.9. The normalized spacial score (nSPS) is 19.4. The Kier molecular flexibility index (Phi) is 11.0. The van der Waals surface area contributed by atoms with Crippen LogP contribution in [0.3, 0.4) is 0 Å². The second-order valence-corrected chi connectivity index (χ2v) is 13.3. The molecule has 1 aliphatic carbocycles. The fourth-order valence-electron chi connectivity index (χ4n) is 6.88. The molecule has 13 heteroatoms. The highest BCUT2D eigenvalue weighted by Gasteiger charge is 2.38. The molecule has 3 aliphatic rings. The first-order chi connectivity index (χ1) is 23.8. The lowest BCUT2D eigenvalue weighted by Crippen LogP contribution is -2.46. The van der Waals surface area contributed by atoms with Crippen molar-refractivity contribution in [1.82, 2.24) is 30.0 Å². The Labute approximate surface area is 291 Å². The van der Waals surface area contributed by atoms with Gasteiger partial charge in [0.15, 0.2) is 6.61 Å². The number of nitrogens with one attached hydrogen (secondary N) is 2. The number of halogens is 1. The standard InChI is InChI=1S/C36H43ClN6O6/c1-24-18-27(37)10-11-30(24)49-22-33(46)41-16-14-39-32(45)21-42-23-40-34-29(42)12-15-43(36(47)25-6-2-3-7-25)35(34)26-8-4-9-28(19-26)48-17-5-13-38-31(44)20-41/h4,8-11,18-19,23,25,35H,2-3,5-7,12-17,20-22H2,1H3,(H,38,44)(H,39,45). The fourth-order valence-corrected chi connectivity index (χ4v) is 7.10. The Morgan fingerprint density at radius 1 is 1.00 bits per heavy atom. The summed E-state index contributed by atoms with van der Waals surface area (Å²) in [7, 11) is 0. The minimum atomic E-state index is -0.395. The molecule has 49 heavy (non-hydrogen) atoms. The zero-order chi connectivity index (χ0) is 34.3. The van der Waals surface area contributed by atoms with Crippen LogP contribution in [0.2, 0.25) is 5.02 Å². The van der Waals surface area contributed by atoms with Crippen molar-refractivity contribution in [1.29, 1.82) is 0 Å². The third-order valence-corrected chi connectivity index (χ3v) is 9.64. The monoisotopic (exact) mass is 690 g/mol. The number of carbonyl (C=O) groups excluding carboxylic acids is 4. The van der Waals surface area contributed by atoms with Crippen LogP contribution in [-0.2, 0) is 32.1 Å². The molecule has 1 atom stereocenters. The van der Waals surface area contributed by atoms with Crippen LogP contribution < -0.4 is 20.1 Å². The van der Waals surface area contributed by atoms with E-state index in [1.165, 1.54) is 4.90 Å². The molecule has 0 saturated heterocycles. The van der Waals surface area contributed by atoms with Crippen LogP contribution in [0.15, 0.2) is 48.8 Å². The van der Waals surface area contributed by atoms with Crippen LogP contribution in [0, 0.1) is 12.8 Å². The van der Waals surface area contributed by atoms with Crippen molar-refractivity contribution in [3.63, 3.8) is 0 Å². The molecule has 0 radical (unpaired) electrons. The largest absolute Gasteiger partial charge is 0.494 e. The van der Waals surface area contributed by atoms with E-state index in [1.54, 1.807) is 24.5 Å². The topological polar surface area (TPSA) is 135 Å². The van der Waals surface area contributed by atoms with Gasteiger partial charge < -0.3 is 34.5 Å². The number of imidazole rings is 1. The van der Waals surface area contributed by atoms with Gasteiger partial charge in [-0.2, -0.15) is 0 Å². The average Bonchev–Trinajstić information content (AvgIpc) is 3.77. The molecular formula is C36H43ClN6O6. The number of aryl methyl sites for hydroxylation is 1. The van der Waals surface area contributed by atoms with Crippen LogP contribution in [0.25, 0.3) is 0 Å². The maximum absolute atomic E-state index is 13.8. The number of carbonyl (C=O) groups is 4. The van der Waals surface area contributed by atoms with E-state index < -0.39 is 11.9 Å². The van der Waals surface area contributed by atoms with E-state index in [-0.39, 0.29) is 56.4 Å². The molecule has 12 nitrogen and oxygen atoms in total. The van der Waals surface area contributed by atoms with E-state index in [0.29, 0.717) is 49.1 Å². The molecule has 1 unspecified atom stereocenters. The van der Waals surface area contributed by atoms with Gasteiger partial charge >= 0.3 is 0 Å². The average molecular weight is 691 g/mol. The van der Waals surface area contributed by atoms with E-state index in [1.807, 2.05) is 40.7 Å². The van der Waals surface area contributed by atoms with Gasteiger partial charge in [-0.05, 0) is 67.6 Å². The van der Waals surface area contributed by atoms with E-state index in [9.17, 15) is 19.2 Å². The molecule has 3 aromatic rings. The number of hydrogen-bond acceptors (Lipinski definition) is 7. The Morgan fingerprint density at radius 3 is 2.61 bits per heavy atom. The molecular weight excluding hydrogens is 648 g/mol. The van der Waals surface area contributed by atoms with Crippen molar-refractivity contribution in [2.45, 2.75) is 58.0 Å². The first-order valence-corrected chi connectivity index (χ1v) is 17.4. The number of amides is 4. The van der Waals surface area contributed by atoms with Gasteiger partial charge in [-0.3, -0.25) is 19.2 Å². The van der Waals surface area contributed by atoms with Crippen LogP contribution in [0.1, 0.15) is 60.7 Å². The maximum Gasteiger partial charge on any atom is 0.261 e. The number of fused-ring (bicyclic) bond motifs is 3. The van der Waals surface area contributed by atoms with Gasteiger partial charge in [-0.1, -0.05) is 36.6 Å². The molecule has 260 valence electrons. The highest BCUT2D eigenvalue weighted by Crippen LogP contribution is 2.38. The van der Waals surface area contributed by atoms with Crippen LogP contribution >= 0.6 is 11.6 Å². The molecule has 6 rings (SSSR count). The van der Waals surface area contributed by atoms with E-state index >= 15 is 0 Å². The molecule has 3 heterocycles. The van der Waals surface area contributed by atoms with Crippen LogP contribution in [0.4, 0.5) is 0 Å². The van der Waals surface area contributed by atoms with E-state index in [2.05, 4.69) is 10.6 Å². The molecule has 6 bridgehead atoms. The SMILES string of the molecule is Cc1cc(Cl)ccc1OCC(=O)N1CCNC(=O)Cn2cnc3c2CCN(C(=O)C2CCCC2)C3c2cccc(c2)OCCCNC(=O)C1.